The van der Waals surface area contributed by atoms with Gasteiger partial charge in [0.05, 0.1) is 18.9 Å². The summed E-state index contributed by atoms with van der Waals surface area (Å²) in [7, 11) is 1.67. The van der Waals surface area contributed by atoms with Gasteiger partial charge in [0.2, 0.25) is 0 Å². The molecule has 0 saturated carbocycles. The van der Waals surface area contributed by atoms with E-state index < -0.39 is 0 Å². The Bertz CT molecular complexity index is 1000. The van der Waals surface area contributed by atoms with Crippen molar-refractivity contribution in [3.8, 4) is 16.9 Å². The predicted molar refractivity (Wildman–Crippen MR) is 117 cm³/mol. The predicted octanol–water partition coefficient (Wildman–Crippen LogP) is 2.72. The molecule has 2 aromatic heterocycles. The van der Waals surface area contributed by atoms with Crippen LogP contribution in [0.5, 0.6) is 5.75 Å². The molecule has 0 amide bonds. The Hall–Kier alpha value is -3.07. The number of nitrogen functional groups attached to an aromatic ring is 1. The molecule has 162 valence electrons. The van der Waals surface area contributed by atoms with Crippen LogP contribution in [0.15, 0.2) is 55.1 Å². The summed E-state index contributed by atoms with van der Waals surface area (Å²) in [6.07, 6.45) is 4.91. The average molecular weight is 422 g/mol. The van der Waals surface area contributed by atoms with Crippen molar-refractivity contribution >= 4 is 5.82 Å². The van der Waals surface area contributed by atoms with E-state index in [1.165, 1.54) is 5.56 Å². The second-order valence-corrected chi connectivity index (χ2v) is 7.37. The van der Waals surface area contributed by atoms with Crippen LogP contribution in [-0.4, -0.2) is 59.9 Å². The molecule has 31 heavy (non-hydrogen) atoms. The van der Waals surface area contributed by atoms with Crippen LogP contribution in [0.25, 0.3) is 11.1 Å². The van der Waals surface area contributed by atoms with Crippen LogP contribution >= 0.6 is 0 Å². The number of hydrogen-bond donors (Lipinski definition) is 1. The summed E-state index contributed by atoms with van der Waals surface area (Å²) in [5, 5.41) is 0. The normalized spacial score (nSPS) is 16.9. The van der Waals surface area contributed by atoms with Gasteiger partial charge in [0.15, 0.2) is 0 Å². The van der Waals surface area contributed by atoms with E-state index in [1.54, 1.807) is 25.8 Å². The van der Waals surface area contributed by atoms with Crippen molar-refractivity contribution in [2.24, 2.45) is 0 Å². The average Bonchev–Trinajstić information content (AvgIpc) is 2.80. The first-order chi connectivity index (χ1) is 15.2. The lowest BCUT2D eigenvalue weighted by molar-refractivity contribution is -0.0347. The molecule has 0 spiro atoms. The molecular weight excluding hydrogens is 394 g/mol. The maximum atomic E-state index is 6.10. The fraction of sp³-hybridized carbons (Fsp3) is 0.348. The van der Waals surface area contributed by atoms with E-state index in [1.807, 2.05) is 24.3 Å². The Morgan fingerprint density at radius 3 is 3.00 bits per heavy atom. The van der Waals surface area contributed by atoms with E-state index in [4.69, 9.17) is 19.9 Å². The Kier molecular flexibility index (Phi) is 7.03. The van der Waals surface area contributed by atoms with Gasteiger partial charge in [0.1, 0.15) is 30.6 Å². The van der Waals surface area contributed by atoms with Gasteiger partial charge < -0.3 is 19.9 Å². The molecule has 4 rings (SSSR count). The third-order valence-corrected chi connectivity index (χ3v) is 5.15. The van der Waals surface area contributed by atoms with Gasteiger partial charge in [0.25, 0.3) is 0 Å². The zero-order valence-corrected chi connectivity index (χ0v) is 17.6. The first-order valence-corrected chi connectivity index (χ1v) is 10.3. The lowest BCUT2D eigenvalue weighted by Crippen LogP contribution is -2.38. The Morgan fingerprint density at radius 1 is 1.19 bits per heavy atom. The van der Waals surface area contributed by atoms with Crippen LogP contribution in [0.3, 0.4) is 0 Å². The third kappa shape index (κ3) is 5.55. The molecule has 1 saturated heterocycles. The van der Waals surface area contributed by atoms with Crippen molar-refractivity contribution in [3.63, 3.8) is 0 Å². The van der Waals surface area contributed by atoms with Crippen molar-refractivity contribution in [3.05, 3.63) is 66.4 Å². The van der Waals surface area contributed by atoms with Crippen LogP contribution < -0.4 is 10.5 Å². The molecule has 1 aromatic carbocycles. The fourth-order valence-corrected chi connectivity index (χ4v) is 3.68. The quantitative estimate of drug-likeness (QED) is 0.555. The second kappa shape index (κ2) is 10.3. The summed E-state index contributed by atoms with van der Waals surface area (Å²) < 4.78 is 16.9. The molecule has 1 unspecified atom stereocenters. The van der Waals surface area contributed by atoms with E-state index in [9.17, 15) is 0 Å². The van der Waals surface area contributed by atoms with Gasteiger partial charge >= 0.3 is 0 Å². The molecule has 1 atom stereocenters. The Morgan fingerprint density at radius 2 is 2.13 bits per heavy atom. The van der Waals surface area contributed by atoms with E-state index in [0.29, 0.717) is 25.6 Å². The van der Waals surface area contributed by atoms with Crippen molar-refractivity contribution in [2.75, 3.05) is 45.8 Å². The lowest BCUT2D eigenvalue weighted by Gasteiger charge is -2.33. The van der Waals surface area contributed by atoms with Gasteiger partial charge in [-0.25, -0.2) is 15.0 Å². The lowest BCUT2D eigenvalue weighted by atomic mass is 10.0. The first kappa shape index (κ1) is 21.2. The van der Waals surface area contributed by atoms with E-state index >= 15 is 0 Å². The summed E-state index contributed by atoms with van der Waals surface area (Å²) in [5.74, 6) is 1.32. The SMILES string of the molecule is COCCOc1cccc(CN2CCOC(c3ncncc3-c3ccnc(N)c3)C2)c1. The summed E-state index contributed by atoms with van der Waals surface area (Å²) in [6, 6.07) is 11.9. The van der Waals surface area contributed by atoms with Crippen LogP contribution in [0, 0.1) is 0 Å². The van der Waals surface area contributed by atoms with Crippen molar-refractivity contribution in [2.45, 2.75) is 12.6 Å². The number of benzene rings is 1. The Labute approximate surface area is 182 Å². The van der Waals surface area contributed by atoms with E-state index in [2.05, 4.69) is 32.0 Å². The minimum absolute atomic E-state index is 0.151. The zero-order chi connectivity index (χ0) is 21.5. The smallest absolute Gasteiger partial charge is 0.123 e. The second-order valence-electron chi connectivity index (χ2n) is 7.37. The van der Waals surface area contributed by atoms with E-state index in [-0.39, 0.29) is 6.10 Å². The number of hydrogen-bond acceptors (Lipinski definition) is 8. The molecule has 1 aliphatic rings. The van der Waals surface area contributed by atoms with Crippen molar-refractivity contribution < 1.29 is 14.2 Å². The number of methoxy groups -OCH3 is 1. The maximum absolute atomic E-state index is 6.10. The van der Waals surface area contributed by atoms with Gasteiger partial charge in [-0.2, -0.15) is 0 Å². The maximum Gasteiger partial charge on any atom is 0.123 e. The topological polar surface area (TPSA) is 95.6 Å². The van der Waals surface area contributed by atoms with Crippen molar-refractivity contribution in [1.82, 2.24) is 19.9 Å². The molecule has 0 aliphatic carbocycles. The highest BCUT2D eigenvalue weighted by molar-refractivity contribution is 5.67. The third-order valence-electron chi connectivity index (χ3n) is 5.15. The monoisotopic (exact) mass is 421 g/mol. The van der Waals surface area contributed by atoms with Crippen molar-refractivity contribution in [1.29, 1.82) is 0 Å². The van der Waals surface area contributed by atoms with Crippen LogP contribution in [-0.2, 0) is 16.0 Å². The van der Waals surface area contributed by atoms with Gasteiger partial charge in [-0.15, -0.1) is 0 Å². The number of aromatic nitrogens is 3. The highest BCUT2D eigenvalue weighted by atomic mass is 16.5. The summed E-state index contributed by atoms with van der Waals surface area (Å²) in [6.45, 7) is 4.14. The van der Waals surface area contributed by atoms with Gasteiger partial charge in [-0.3, -0.25) is 4.90 Å². The molecule has 8 heteroatoms. The fourth-order valence-electron chi connectivity index (χ4n) is 3.68. The molecule has 3 heterocycles. The van der Waals surface area contributed by atoms with Gasteiger partial charge in [0, 0.05) is 44.7 Å². The summed E-state index contributed by atoms with van der Waals surface area (Å²) in [5.41, 5.74) is 9.78. The molecular formula is C23H27N5O3. The molecule has 3 aromatic rings. The molecule has 0 bridgehead atoms. The molecule has 1 fully saturated rings. The molecule has 8 nitrogen and oxygen atoms in total. The zero-order valence-electron chi connectivity index (χ0n) is 17.6. The number of nitrogens with two attached hydrogens (primary N) is 1. The van der Waals surface area contributed by atoms with Crippen LogP contribution in [0.4, 0.5) is 5.82 Å². The van der Waals surface area contributed by atoms with Crippen LogP contribution in [0.2, 0.25) is 0 Å². The standard InChI is InChI=1S/C23H27N5O3/c1-29-9-10-30-19-4-2-3-17(11-19)14-28-7-8-31-21(15-28)23-20(13-25-16-27-23)18-5-6-26-22(24)12-18/h2-6,11-13,16,21H,7-10,14-15H2,1H3,(H2,24,26). The van der Waals surface area contributed by atoms with Gasteiger partial charge in [-0.05, 0) is 35.4 Å². The van der Waals surface area contributed by atoms with Gasteiger partial charge in [-0.1, -0.05) is 12.1 Å². The number of anilines is 1. The molecule has 1 aliphatic heterocycles. The minimum Gasteiger partial charge on any atom is -0.491 e. The largest absolute Gasteiger partial charge is 0.491 e. The highest BCUT2D eigenvalue weighted by Crippen LogP contribution is 2.31. The highest BCUT2D eigenvalue weighted by Gasteiger charge is 2.26. The minimum atomic E-state index is -0.151. The van der Waals surface area contributed by atoms with Crippen LogP contribution in [0.1, 0.15) is 17.4 Å². The Balaban J connectivity index is 1.47. The number of morpholine rings is 1. The summed E-state index contributed by atoms with van der Waals surface area (Å²) >= 11 is 0. The molecule has 2 N–H and O–H groups in total. The van der Waals surface area contributed by atoms with E-state index in [0.717, 1.165) is 42.2 Å². The number of rotatable bonds is 8. The first-order valence-electron chi connectivity index (χ1n) is 10.3. The number of pyridine rings is 1. The molecule has 0 radical (unpaired) electrons. The number of ether oxygens (including phenoxy) is 3. The summed E-state index contributed by atoms with van der Waals surface area (Å²) in [4.78, 5) is 15.2. The number of nitrogens with zero attached hydrogens (tertiary/aromatic N) is 4.